The van der Waals surface area contributed by atoms with E-state index in [1.54, 1.807) is 12.1 Å². The number of aryl methyl sites for hydroxylation is 1. The van der Waals surface area contributed by atoms with Crippen molar-refractivity contribution in [3.8, 4) is 5.75 Å². The summed E-state index contributed by atoms with van der Waals surface area (Å²) in [6.45, 7) is 1.85. The molecule has 0 heterocycles. The van der Waals surface area contributed by atoms with E-state index in [1.165, 1.54) is 24.3 Å². The van der Waals surface area contributed by atoms with E-state index in [0.29, 0.717) is 0 Å². The highest BCUT2D eigenvalue weighted by atomic mass is 35.5. The summed E-state index contributed by atoms with van der Waals surface area (Å²) in [6, 6.07) is 8.95. The third kappa shape index (κ3) is 3.00. The Balaban J connectivity index is 2.43. The van der Waals surface area contributed by atoms with Gasteiger partial charge in [0.25, 0.3) is 10.0 Å². The number of benzene rings is 2. The largest absolute Gasteiger partial charge is 0.506 e. The van der Waals surface area contributed by atoms with Crippen LogP contribution < -0.4 is 4.72 Å². The molecule has 7 heteroatoms. The molecule has 0 fully saturated rings. The number of sulfonamides is 1. The van der Waals surface area contributed by atoms with Crippen molar-refractivity contribution in [2.24, 2.45) is 0 Å². The second kappa shape index (κ2) is 5.52. The summed E-state index contributed by atoms with van der Waals surface area (Å²) in [5, 5.41) is 9.46. The van der Waals surface area contributed by atoms with Crippen LogP contribution in [0.15, 0.2) is 41.3 Å². The normalized spacial score (nSPS) is 11.3. The van der Waals surface area contributed by atoms with Gasteiger partial charge in [-0.05, 0) is 31.2 Å². The molecule has 2 N–H and O–H groups in total. The van der Waals surface area contributed by atoms with Gasteiger partial charge in [0, 0.05) is 0 Å². The molecule has 0 radical (unpaired) electrons. The Kier molecular flexibility index (Phi) is 4.13. The van der Waals surface area contributed by atoms with Gasteiger partial charge in [-0.3, -0.25) is 4.72 Å². The molecule has 0 bridgehead atoms. The zero-order valence-corrected chi connectivity index (χ0v) is 12.7. The van der Waals surface area contributed by atoms with Gasteiger partial charge in [-0.1, -0.05) is 40.9 Å². The van der Waals surface area contributed by atoms with Crippen LogP contribution in [-0.4, -0.2) is 13.5 Å². The van der Waals surface area contributed by atoms with E-state index < -0.39 is 10.0 Å². The average Bonchev–Trinajstić information content (AvgIpc) is 2.40. The molecular weight excluding hydrogens is 321 g/mol. The zero-order chi connectivity index (χ0) is 14.9. The lowest BCUT2D eigenvalue weighted by Gasteiger charge is -2.12. The summed E-state index contributed by atoms with van der Waals surface area (Å²) in [7, 11) is -3.82. The minimum Gasteiger partial charge on any atom is -0.506 e. The van der Waals surface area contributed by atoms with Gasteiger partial charge < -0.3 is 5.11 Å². The van der Waals surface area contributed by atoms with Crippen LogP contribution in [0, 0.1) is 6.92 Å². The summed E-state index contributed by atoms with van der Waals surface area (Å²) < 4.78 is 26.7. The predicted octanol–water partition coefficient (Wildman–Crippen LogP) is 3.81. The fraction of sp³-hybridized carbons (Fsp3) is 0.0769. The van der Waals surface area contributed by atoms with E-state index in [-0.39, 0.29) is 26.4 Å². The number of aromatic hydroxyl groups is 1. The molecule has 20 heavy (non-hydrogen) atoms. The van der Waals surface area contributed by atoms with Crippen molar-refractivity contribution in [2.45, 2.75) is 11.8 Å². The molecule has 0 atom stereocenters. The first-order valence-electron chi connectivity index (χ1n) is 5.58. The van der Waals surface area contributed by atoms with Crippen LogP contribution in [0.5, 0.6) is 5.75 Å². The topological polar surface area (TPSA) is 66.4 Å². The Morgan fingerprint density at radius 3 is 2.25 bits per heavy atom. The molecule has 106 valence electrons. The zero-order valence-electron chi connectivity index (χ0n) is 10.4. The Morgan fingerprint density at radius 2 is 1.65 bits per heavy atom. The molecule has 0 amide bonds. The summed E-state index contributed by atoms with van der Waals surface area (Å²) in [5.74, 6) is -0.252. The summed E-state index contributed by atoms with van der Waals surface area (Å²) in [5.41, 5.74) is 0.895. The summed E-state index contributed by atoms with van der Waals surface area (Å²) in [4.78, 5) is 0.0820. The van der Waals surface area contributed by atoms with Crippen LogP contribution in [0.25, 0.3) is 0 Å². The molecule has 0 saturated carbocycles. The second-order valence-electron chi connectivity index (χ2n) is 4.17. The smallest absolute Gasteiger partial charge is 0.261 e. The van der Waals surface area contributed by atoms with Crippen molar-refractivity contribution in [3.63, 3.8) is 0 Å². The van der Waals surface area contributed by atoms with Crippen molar-refractivity contribution < 1.29 is 13.5 Å². The molecule has 0 spiro atoms. The summed E-state index contributed by atoms with van der Waals surface area (Å²) >= 11 is 11.8. The Hall–Kier alpha value is -1.43. The lowest BCUT2D eigenvalue weighted by Crippen LogP contribution is -2.13. The van der Waals surface area contributed by atoms with Gasteiger partial charge in [-0.25, -0.2) is 8.42 Å². The molecule has 0 aliphatic rings. The maximum Gasteiger partial charge on any atom is 0.261 e. The molecule has 2 aromatic rings. The molecule has 2 rings (SSSR count). The quantitative estimate of drug-likeness (QED) is 0.898. The first kappa shape index (κ1) is 15.0. The second-order valence-corrected chi connectivity index (χ2v) is 6.64. The molecule has 0 aliphatic heterocycles. The molecule has 4 nitrogen and oxygen atoms in total. The number of hydrogen-bond acceptors (Lipinski definition) is 3. The van der Waals surface area contributed by atoms with Gasteiger partial charge in [-0.2, -0.15) is 0 Å². The fourth-order valence-corrected chi connectivity index (χ4v) is 3.22. The van der Waals surface area contributed by atoms with Crippen molar-refractivity contribution in [2.75, 3.05) is 4.72 Å². The van der Waals surface area contributed by atoms with Gasteiger partial charge in [0.2, 0.25) is 0 Å². The van der Waals surface area contributed by atoms with E-state index in [0.717, 1.165) is 5.56 Å². The highest BCUT2D eigenvalue weighted by molar-refractivity contribution is 7.92. The maximum atomic E-state index is 12.2. The lowest BCUT2D eigenvalue weighted by molar-refractivity contribution is 0.476. The Labute approximate surface area is 127 Å². The van der Waals surface area contributed by atoms with Crippen molar-refractivity contribution >= 4 is 38.9 Å². The van der Waals surface area contributed by atoms with Crippen LogP contribution in [-0.2, 0) is 10.0 Å². The summed E-state index contributed by atoms with van der Waals surface area (Å²) in [6.07, 6.45) is 0. The Morgan fingerprint density at radius 1 is 1.05 bits per heavy atom. The predicted molar refractivity (Wildman–Crippen MR) is 80.1 cm³/mol. The lowest BCUT2D eigenvalue weighted by atomic mass is 10.2. The van der Waals surface area contributed by atoms with Crippen LogP contribution >= 0.6 is 23.2 Å². The molecule has 0 aromatic heterocycles. The first-order valence-corrected chi connectivity index (χ1v) is 7.81. The van der Waals surface area contributed by atoms with Crippen LogP contribution in [0.4, 0.5) is 5.69 Å². The minimum atomic E-state index is -3.82. The number of hydrogen-bond donors (Lipinski definition) is 2. The molecule has 0 unspecified atom stereocenters. The van der Waals surface area contributed by atoms with Crippen LogP contribution in [0.3, 0.4) is 0 Å². The van der Waals surface area contributed by atoms with E-state index in [4.69, 9.17) is 23.2 Å². The maximum absolute atomic E-state index is 12.2. The van der Waals surface area contributed by atoms with Gasteiger partial charge in [0.05, 0.1) is 15.6 Å². The molecular formula is C13H11Cl2NO3S. The average molecular weight is 332 g/mol. The fourth-order valence-electron chi connectivity index (χ4n) is 1.55. The van der Waals surface area contributed by atoms with E-state index in [1.807, 2.05) is 6.92 Å². The minimum absolute atomic E-state index is 0.0473. The number of phenolic OH excluding ortho intramolecular Hbond substituents is 1. The van der Waals surface area contributed by atoms with E-state index in [9.17, 15) is 13.5 Å². The van der Waals surface area contributed by atoms with Gasteiger partial charge >= 0.3 is 0 Å². The van der Waals surface area contributed by atoms with Crippen LogP contribution in [0.2, 0.25) is 10.0 Å². The highest BCUT2D eigenvalue weighted by Gasteiger charge is 2.19. The monoisotopic (exact) mass is 331 g/mol. The van der Waals surface area contributed by atoms with Gasteiger partial charge in [0.1, 0.15) is 10.8 Å². The first-order chi connectivity index (χ1) is 9.31. The third-order valence-corrected chi connectivity index (χ3v) is 4.70. The van der Waals surface area contributed by atoms with Crippen molar-refractivity contribution in [1.82, 2.24) is 0 Å². The number of halogens is 2. The van der Waals surface area contributed by atoms with Gasteiger partial charge in [-0.15, -0.1) is 0 Å². The molecule has 0 aliphatic carbocycles. The van der Waals surface area contributed by atoms with E-state index >= 15 is 0 Å². The standard InChI is InChI=1S/C13H11Cl2NO3S/c1-8-2-4-9(5-3-8)20(18,19)16-13-10(14)6-7-11(17)12(13)15/h2-7,16-17H,1H3. The third-order valence-electron chi connectivity index (χ3n) is 2.64. The molecule has 2 aromatic carbocycles. The van der Waals surface area contributed by atoms with Crippen molar-refractivity contribution in [3.05, 3.63) is 52.0 Å². The SMILES string of the molecule is Cc1ccc(S(=O)(=O)Nc2c(Cl)ccc(O)c2Cl)cc1. The molecule has 0 saturated heterocycles. The highest BCUT2D eigenvalue weighted by Crippen LogP contribution is 2.38. The Bertz CT molecular complexity index is 743. The number of rotatable bonds is 3. The van der Waals surface area contributed by atoms with Crippen LogP contribution in [0.1, 0.15) is 5.56 Å². The van der Waals surface area contributed by atoms with Crippen molar-refractivity contribution in [1.29, 1.82) is 0 Å². The number of phenols is 1. The number of nitrogens with one attached hydrogen (secondary N) is 1. The van der Waals surface area contributed by atoms with Gasteiger partial charge in [0.15, 0.2) is 0 Å². The van der Waals surface area contributed by atoms with E-state index in [2.05, 4.69) is 4.72 Å². The number of anilines is 1.